The molecule has 0 spiro atoms. The van der Waals surface area contributed by atoms with Gasteiger partial charge < -0.3 is 11.1 Å². The van der Waals surface area contributed by atoms with Crippen molar-refractivity contribution in [3.8, 4) is 0 Å². The van der Waals surface area contributed by atoms with Crippen molar-refractivity contribution in [1.29, 1.82) is 0 Å². The first kappa shape index (κ1) is 13.3. The molecule has 0 saturated carbocycles. The van der Waals surface area contributed by atoms with Crippen LogP contribution in [0.1, 0.15) is 12.8 Å². The second-order valence-corrected chi connectivity index (χ2v) is 3.50. The van der Waals surface area contributed by atoms with Crippen molar-refractivity contribution >= 4 is 11.6 Å². The highest BCUT2D eigenvalue weighted by molar-refractivity contribution is 5.75. The van der Waals surface area contributed by atoms with Gasteiger partial charge in [-0.1, -0.05) is 0 Å². The van der Waals surface area contributed by atoms with Gasteiger partial charge in [0.15, 0.2) is 0 Å². The molecule has 1 heterocycles. The van der Waals surface area contributed by atoms with Crippen LogP contribution in [0.2, 0.25) is 0 Å². The summed E-state index contributed by atoms with van der Waals surface area (Å²) in [5, 5.41) is 6.23. The van der Waals surface area contributed by atoms with Gasteiger partial charge in [0.25, 0.3) is 0 Å². The van der Waals surface area contributed by atoms with Crippen molar-refractivity contribution in [3.05, 3.63) is 12.4 Å². The molecule has 1 rings (SSSR count). The number of nitrogens with two attached hydrogens (primary N) is 1. The summed E-state index contributed by atoms with van der Waals surface area (Å²) in [6, 6.07) is 0. The molecule has 0 unspecified atom stereocenters. The number of carbonyl (C=O) groups is 1. The van der Waals surface area contributed by atoms with Crippen LogP contribution in [-0.4, -0.2) is 28.4 Å². The lowest BCUT2D eigenvalue weighted by Gasteiger charge is -2.07. The second kappa shape index (κ2) is 5.55. The lowest BCUT2D eigenvalue weighted by Crippen LogP contribution is -2.28. The molecule has 8 heteroatoms. The van der Waals surface area contributed by atoms with Crippen LogP contribution in [0.15, 0.2) is 12.4 Å². The van der Waals surface area contributed by atoms with Gasteiger partial charge in [-0.15, -0.1) is 0 Å². The van der Waals surface area contributed by atoms with E-state index in [1.807, 2.05) is 0 Å². The van der Waals surface area contributed by atoms with E-state index in [0.29, 0.717) is 12.2 Å². The summed E-state index contributed by atoms with van der Waals surface area (Å²) < 4.78 is 36.9. The minimum absolute atomic E-state index is 0.220. The van der Waals surface area contributed by atoms with E-state index in [4.69, 9.17) is 5.73 Å². The molecule has 1 amide bonds. The van der Waals surface area contributed by atoms with Crippen LogP contribution in [0, 0.1) is 0 Å². The van der Waals surface area contributed by atoms with Gasteiger partial charge in [-0.2, -0.15) is 18.3 Å². The topological polar surface area (TPSA) is 72.9 Å². The number of rotatable bonds is 5. The van der Waals surface area contributed by atoms with E-state index in [1.54, 1.807) is 6.20 Å². The average Bonchev–Trinajstić information content (AvgIpc) is 2.60. The van der Waals surface area contributed by atoms with Crippen LogP contribution in [0.25, 0.3) is 0 Å². The molecule has 0 atom stereocenters. The Hall–Kier alpha value is -1.73. The Kier molecular flexibility index (Phi) is 4.36. The number of amides is 1. The molecule has 0 aliphatic rings. The number of aromatic nitrogens is 2. The third kappa shape index (κ3) is 5.79. The number of nitrogens with one attached hydrogen (secondary N) is 1. The largest absolute Gasteiger partial charge is 0.396 e. The zero-order valence-corrected chi connectivity index (χ0v) is 9.00. The van der Waals surface area contributed by atoms with E-state index in [9.17, 15) is 18.0 Å². The lowest BCUT2D eigenvalue weighted by atomic mass is 10.3. The Morgan fingerprint density at radius 1 is 1.53 bits per heavy atom. The first-order valence-corrected chi connectivity index (χ1v) is 4.98. The number of anilines is 1. The molecule has 1 aromatic rings. The molecule has 5 nitrogen and oxygen atoms in total. The molecule has 0 aromatic carbocycles. The van der Waals surface area contributed by atoms with Crippen LogP contribution >= 0.6 is 0 Å². The summed E-state index contributed by atoms with van der Waals surface area (Å²) in [4.78, 5) is 11.0. The van der Waals surface area contributed by atoms with Gasteiger partial charge in [-0.05, 0) is 0 Å². The molecule has 0 bridgehead atoms. The van der Waals surface area contributed by atoms with Gasteiger partial charge in [-0.25, -0.2) is 0 Å². The molecule has 96 valence electrons. The van der Waals surface area contributed by atoms with Crippen molar-refractivity contribution in [1.82, 2.24) is 15.1 Å². The monoisotopic (exact) mass is 250 g/mol. The summed E-state index contributed by atoms with van der Waals surface area (Å²) in [5.74, 6) is -0.623. The third-order valence-corrected chi connectivity index (χ3v) is 1.95. The average molecular weight is 250 g/mol. The van der Waals surface area contributed by atoms with E-state index >= 15 is 0 Å². The zero-order chi connectivity index (χ0) is 12.9. The quantitative estimate of drug-likeness (QED) is 0.816. The van der Waals surface area contributed by atoms with Gasteiger partial charge in [0.2, 0.25) is 5.91 Å². The highest BCUT2D eigenvalue weighted by atomic mass is 19.4. The highest BCUT2D eigenvalue weighted by Crippen LogP contribution is 2.20. The minimum Gasteiger partial charge on any atom is -0.396 e. The summed E-state index contributed by atoms with van der Waals surface area (Å²) in [5.41, 5.74) is 5.90. The molecule has 0 aliphatic carbocycles. The summed E-state index contributed by atoms with van der Waals surface area (Å²) in [6.07, 6.45) is -2.93. The molecule has 17 heavy (non-hydrogen) atoms. The maximum atomic E-state index is 11.8. The van der Waals surface area contributed by atoms with Crippen LogP contribution in [0.3, 0.4) is 0 Å². The van der Waals surface area contributed by atoms with Crippen molar-refractivity contribution in [3.63, 3.8) is 0 Å². The first-order valence-electron chi connectivity index (χ1n) is 4.98. The first-order chi connectivity index (χ1) is 7.87. The Bertz CT molecular complexity index is 375. The number of nitrogen functional groups attached to an aromatic ring is 1. The normalized spacial score (nSPS) is 11.5. The smallest absolute Gasteiger partial charge is 0.389 e. The molecule has 0 radical (unpaired) electrons. The number of hydrogen-bond donors (Lipinski definition) is 2. The zero-order valence-electron chi connectivity index (χ0n) is 9.00. The number of carbonyl (C=O) groups excluding carboxylic acids is 1. The number of halogens is 3. The third-order valence-electron chi connectivity index (χ3n) is 1.95. The van der Waals surface area contributed by atoms with Crippen LogP contribution in [-0.2, 0) is 11.3 Å². The van der Waals surface area contributed by atoms with Crippen LogP contribution < -0.4 is 11.1 Å². The fraction of sp³-hybridized carbons (Fsp3) is 0.556. The summed E-state index contributed by atoms with van der Waals surface area (Å²) in [7, 11) is 0. The molecule has 3 N–H and O–H groups in total. The minimum atomic E-state index is -4.30. The van der Waals surface area contributed by atoms with Gasteiger partial charge in [0.1, 0.15) is 0 Å². The Morgan fingerprint density at radius 3 is 2.76 bits per heavy atom. The maximum Gasteiger partial charge on any atom is 0.389 e. The summed E-state index contributed by atoms with van der Waals surface area (Å²) >= 11 is 0. The number of hydrogen-bond acceptors (Lipinski definition) is 3. The molecule has 0 fully saturated rings. The highest BCUT2D eigenvalue weighted by Gasteiger charge is 2.27. The van der Waals surface area contributed by atoms with Gasteiger partial charge in [0, 0.05) is 19.2 Å². The van der Waals surface area contributed by atoms with Crippen molar-refractivity contribution in [2.45, 2.75) is 25.6 Å². The predicted octanol–water partition coefficient (Wildman–Crippen LogP) is 0.924. The number of alkyl halides is 3. The molecule has 0 aliphatic heterocycles. The van der Waals surface area contributed by atoms with Crippen LogP contribution in [0.4, 0.5) is 18.9 Å². The van der Waals surface area contributed by atoms with E-state index < -0.39 is 24.9 Å². The fourth-order valence-corrected chi connectivity index (χ4v) is 1.16. The Morgan fingerprint density at radius 2 is 2.24 bits per heavy atom. The SMILES string of the molecule is Nc1cnn(CCNC(=O)CCC(F)(F)F)c1. The fourth-order valence-electron chi connectivity index (χ4n) is 1.16. The Balaban J connectivity index is 2.16. The van der Waals surface area contributed by atoms with E-state index in [2.05, 4.69) is 10.4 Å². The predicted molar refractivity (Wildman–Crippen MR) is 54.9 cm³/mol. The van der Waals surface area contributed by atoms with Crippen molar-refractivity contribution in [2.75, 3.05) is 12.3 Å². The van der Waals surface area contributed by atoms with E-state index in [0.717, 1.165) is 0 Å². The summed E-state index contributed by atoms with van der Waals surface area (Å²) in [6.45, 7) is 0.590. The Labute approximate surface area is 95.8 Å². The van der Waals surface area contributed by atoms with E-state index in [1.165, 1.54) is 10.9 Å². The van der Waals surface area contributed by atoms with Crippen molar-refractivity contribution in [2.24, 2.45) is 0 Å². The molecule has 0 saturated heterocycles. The lowest BCUT2D eigenvalue weighted by molar-refractivity contribution is -0.144. The standard InChI is InChI=1S/C9H13F3N4O/c10-9(11,12)2-1-8(17)14-3-4-16-6-7(13)5-15-16/h5-6H,1-4,13H2,(H,14,17). The molecule has 1 aromatic heterocycles. The van der Waals surface area contributed by atoms with Crippen LogP contribution in [0.5, 0.6) is 0 Å². The number of nitrogens with zero attached hydrogens (tertiary/aromatic N) is 2. The van der Waals surface area contributed by atoms with Gasteiger partial charge >= 0.3 is 6.18 Å². The van der Waals surface area contributed by atoms with Crippen molar-refractivity contribution < 1.29 is 18.0 Å². The maximum absolute atomic E-state index is 11.8. The molecular formula is C9H13F3N4O. The van der Waals surface area contributed by atoms with Gasteiger partial charge in [0.05, 0.1) is 24.8 Å². The van der Waals surface area contributed by atoms with E-state index in [-0.39, 0.29) is 6.54 Å². The molecular weight excluding hydrogens is 237 g/mol. The van der Waals surface area contributed by atoms with Gasteiger partial charge in [-0.3, -0.25) is 9.48 Å². The second-order valence-electron chi connectivity index (χ2n) is 3.50.